The first-order valence-corrected chi connectivity index (χ1v) is 11.3. The van der Waals surface area contributed by atoms with Gasteiger partial charge in [0.15, 0.2) is 5.96 Å². The number of nitrogens with one attached hydrogen (secondary N) is 3. The number of aromatic nitrogens is 1. The number of hydrogen-bond donors (Lipinski definition) is 3. The Morgan fingerprint density at radius 2 is 1.91 bits per heavy atom. The van der Waals surface area contributed by atoms with Crippen LogP contribution in [0, 0.1) is 5.82 Å². The van der Waals surface area contributed by atoms with Gasteiger partial charge in [0.05, 0.1) is 0 Å². The summed E-state index contributed by atoms with van der Waals surface area (Å²) in [5.41, 5.74) is 4.50. The number of halogens is 2. The van der Waals surface area contributed by atoms with Gasteiger partial charge in [-0.05, 0) is 54.7 Å². The van der Waals surface area contributed by atoms with Crippen molar-refractivity contribution < 1.29 is 9.18 Å². The number of aliphatic imine (C=N–C) groups is 1. The first kappa shape index (κ1) is 25.0. The Labute approximate surface area is 211 Å². The fourth-order valence-corrected chi connectivity index (χ4v) is 4.10. The Morgan fingerprint density at radius 3 is 2.64 bits per heavy atom. The summed E-state index contributed by atoms with van der Waals surface area (Å²) >= 11 is 0. The Hall–Kier alpha value is -2.62. The molecule has 6 nitrogen and oxygen atoms in total. The number of hydrogen-bond acceptors (Lipinski definition) is 2. The molecule has 2 heterocycles. The minimum Gasteiger partial charge on any atom is -0.361 e. The Balaban J connectivity index is 0.00000306. The molecule has 0 atom stereocenters. The summed E-state index contributed by atoms with van der Waals surface area (Å²) in [6.07, 6.45) is 3.89. The minimum absolute atomic E-state index is 0. The summed E-state index contributed by atoms with van der Waals surface area (Å²) in [5, 5.41) is 7.48. The molecule has 1 aliphatic heterocycles. The van der Waals surface area contributed by atoms with Crippen LogP contribution in [0.3, 0.4) is 0 Å². The van der Waals surface area contributed by atoms with Gasteiger partial charge >= 0.3 is 0 Å². The lowest BCUT2D eigenvalue weighted by Gasteiger charge is -2.15. The van der Waals surface area contributed by atoms with Crippen LogP contribution in [0.2, 0.25) is 0 Å². The summed E-state index contributed by atoms with van der Waals surface area (Å²) in [6.45, 7) is 5.46. The summed E-state index contributed by atoms with van der Waals surface area (Å²) in [4.78, 5) is 22.2. The maximum absolute atomic E-state index is 13.6. The molecule has 0 spiro atoms. The number of carbonyl (C=O) groups excluding carboxylic acids is 1. The number of fused-ring (bicyclic) bond motifs is 2. The maximum Gasteiger partial charge on any atom is 0.223 e. The van der Waals surface area contributed by atoms with Crippen LogP contribution in [0.4, 0.5) is 4.39 Å². The van der Waals surface area contributed by atoms with E-state index in [1.807, 2.05) is 30.2 Å². The topological polar surface area (TPSA) is 72.5 Å². The number of aromatic amines is 1. The molecule has 33 heavy (non-hydrogen) atoms. The molecule has 3 N–H and O–H groups in total. The van der Waals surface area contributed by atoms with Gasteiger partial charge in [0.1, 0.15) is 5.82 Å². The van der Waals surface area contributed by atoms with E-state index in [1.54, 1.807) is 12.1 Å². The second kappa shape index (κ2) is 12.0. The second-order valence-corrected chi connectivity index (χ2v) is 8.06. The average molecular weight is 563 g/mol. The highest BCUT2D eigenvalue weighted by molar-refractivity contribution is 14.0. The highest BCUT2D eigenvalue weighted by atomic mass is 127. The molecule has 0 radical (unpaired) electrons. The second-order valence-electron chi connectivity index (χ2n) is 8.06. The summed E-state index contributed by atoms with van der Waals surface area (Å²) in [7, 11) is 0. The van der Waals surface area contributed by atoms with Gasteiger partial charge < -0.3 is 20.5 Å². The monoisotopic (exact) mass is 563 g/mol. The summed E-state index contributed by atoms with van der Waals surface area (Å²) in [5.74, 6) is 0.689. The lowest BCUT2D eigenvalue weighted by Crippen LogP contribution is -2.38. The quantitative estimate of drug-likeness (QED) is 0.165. The highest BCUT2D eigenvalue weighted by Gasteiger charge is 2.22. The number of rotatable bonds is 8. The molecular formula is C25H31FIN5O. The van der Waals surface area contributed by atoms with Gasteiger partial charge in [-0.25, -0.2) is 4.39 Å². The van der Waals surface area contributed by atoms with Crippen molar-refractivity contribution in [3.63, 3.8) is 0 Å². The predicted octanol–water partition coefficient (Wildman–Crippen LogP) is 4.35. The van der Waals surface area contributed by atoms with E-state index in [-0.39, 0.29) is 35.7 Å². The molecule has 0 bridgehead atoms. The van der Waals surface area contributed by atoms with Gasteiger partial charge in [-0.2, -0.15) is 0 Å². The SMILES string of the molecule is CCNC(=NCCCC(=O)N1Cc2ccccc2C1)NCCc1c[nH]c2ccc(F)cc12.I. The van der Waals surface area contributed by atoms with Gasteiger partial charge in [-0.15, -0.1) is 24.0 Å². The van der Waals surface area contributed by atoms with Crippen LogP contribution in [-0.2, 0) is 24.3 Å². The molecule has 1 aliphatic rings. The molecule has 3 aromatic rings. The highest BCUT2D eigenvalue weighted by Crippen LogP contribution is 2.23. The van der Waals surface area contributed by atoms with E-state index in [1.165, 1.54) is 17.2 Å². The van der Waals surface area contributed by atoms with Gasteiger partial charge in [0, 0.05) is 56.2 Å². The van der Waals surface area contributed by atoms with Crippen molar-refractivity contribution >= 4 is 46.7 Å². The van der Waals surface area contributed by atoms with Gasteiger partial charge in [-0.1, -0.05) is 24.3 Å². The van der Waals surface area contributed by atoms with Crippen molar-refractivity contribution in [1.29, 1.82) is 0 Å². The standard InChI is InChI=1S/C25H30FN5O.HI/c1-2-27-25(29-13-11-18-15-30-23-10-9-21(26)14-22(18)23)28-12-5-8-24(32)31-16-19-6-3-4-7-20(19)17-31;/h3-4,6-7,9-10,14-15,30H,2,5,8,11-13,16-17H2,1H3,(H2,27,28,29);1H. The number of H-pyrrole nitrogens is 1. The molecule has 4 rings (SSSR count). The number of benzene rings is 2. The van der Waals surface area contributed by atoms with E-state index in [2.05, 4.69) is 32.7 Å². The third-order valence-electron chi connectivity index (χ3n) is 5.77. The predicted molar refractivity (Wildman–Crippen MR) is 141 cm³/mol. The van der Waals surface area contributed by atoms with Gasteiger partial charge in [0.2, 0.25) is 5.91 Å². The zero-order valence-corrected chi connectivity index (χ0v) is 21.2. The number of amides is 1. The lowest BCUT2D eigenvalue weighted by atomic mass is 10.1. The van der Waals surface area contributed by atoms with Crippen molar-refractivity contribution in [3.05, 3.63) is 71.2 Å². The molecule has 1 aromatic heterocycles. The largest absolute Gasteiger partial charge is 0.361 e. The fourth-order valence-electron chi connectivity index (χ4n) is 4.10. The molecule has 0 saturated carbocycles. The molecule has 8 heteroatoms. The lowest BCUT2D eigenvalue weighted by molar-refractivity contribution is -0.131. The van der Waals surface area contributed by atoms with Crippen LogP contribution < -0.4 is 10.6 Å². The van der Waals surface area contributed by atoms with Crippen LogP contribution in [0.25, 0.3) is 10.9 Å². The maximum atomic E-state index is 13.6. The normalized spacial score (nSPS) is 13.0. The van der Waals surface area contributed by atoms with E-state index >= 15 is 0 Å². The Bertz CT molecular complexity index is 1090. The molecule has 1 amide bonds. The Morgan fingerprint density at radius 1 is 1.15 bits per heavy atom. The molecule has 176 valence electrons. The molecule has 0 aliphatic carbocycles. The van der Waals surface area contributed by atoms with Crippen LogP contribution in [0.15, 0.2) is 53.7 Å². The molecular weight excluding hydrogens is 532 g/mol. The Kier molecular flexibility index (Phi) is 9.11. The first-order chi connectivity index (χ1) is 15.6. The van der Waals surface area contributed by atoms with Gasteiger partial charge in [-0.3, -0.25) is 9.79 Å². The number of carbonyl (C=O) groups is 1. The first-order valence-electron chi connectivity index (χ1n) is 11.3. The average Bonchev–Trinajstić information content (AvgIpc) is 3.40. The van der Waals surface area contributed by atoms with E-state index in [0.717, 1.165) is 35.4 Å². The van der Waals surface area contributed by atoms with E-state index in [9.17, 15) is 9.18 Å². The molecule has 0 fully saturated rings. The third kappa shape index (κ3) is 6.46. The van der Waals surface area contributed by atoms with Crippen molar-refractivity contribution in [2.75, 3.05) is 19.6 Å². The zero-order chi connectivity index (χ0) is 22.3. The summed E-state index contributed by atoms with van der Waals surface area (Å²) < 4.78 is 13.6. The van der Waals surface area contributed by atoms with E-state index in [4.69, 9.17) is 0 Å². The third-order valence-corrected chi connectivity index (χ3v) is 5.77. The van der Waals surface area contributed by atoms with Crippen molar-refractivity contribution in [2.45, 2.75) is 39.3 Å². The summed E-state index contributed by atoms with van der Waals surface area (Å²) in [6, 6.07) is 13.0. The van der Waals surface area contributed by atoms with Crippen LogP contribution >= 0.6 is 24.0 Å². The molecule has 0 unspecified atom stereocenters. The van der Waals surface area contributed by atoms with Crippen molar-refractivity contribution in [2.24, 2.45) is 4.99 Å². The van der Waals surface area contributed by atoms with Crippen molar-refractivity contribution in [1.82, 2.24) is 20.5 Å². The molecule has 2 aromatic carbocycles. The molecule has 0 saturated heterocycles. The van der Waals surface area contributed by atoms with Crippen molar-refractivity contribution in [3.8, 4) is 0 Å². The van der Waals surface area contributed by atoms with Crippen LogP contribution in [0.1, 0.15) is 36.5 Å². The number of nitrogens with zero attached hydrogens (tertiary/aromatic N) is 2. The zero-order valence-electron chi connectivity index (χ0n) is 18.9. The smallest absolute Gasteiger partial charge is 0.223 e. The minimum atomic E-state index is -0.228. The van der Waals surface area contributed by atoms with Crippen LogP contribution in [0.5, 0.6) is 0 Å². The van der Waals surface area contributed by atoms with Gasteiger partial charge in [0.25, 0.3) is 0 Å². The number of guanidine groups is 1. The van der Waals surface area contributed by atoms with E-state index in [0.29, 0.717) is 39.0 Å². The van der Waals surface area contributed by atoms with Crippen LogP contribution in [-0.4, -0.2) is 41.4 Å². The fraction of sp³-hybridized carbons (Fsp3) is 0.360. The van der Waals surface area contributed by atoms with E-state index < -0.39 is 0 Å².